The summed E-state index contributed by atoms with van der Waals surface area (Å²) in [4.78, 5) is 9.95. The van der Waals surface area contributed by atoms with E-state index in [0.717, 1.165) is 11.3 Å². The van der Waals surface area contributed by atoms with Crippen molar-refractivity contribution in [2.24, 2.45) is 5.73 Å². The van der Waals surface area contributed by atoms with Crippen LogP contribution in [0.4, 0.5) is 0 Å². The third-order valence-corrected chi connectivity index (χ3v) is 3.94. The largest absolute Gasteiger partial charge is 0.744 e. The molecular formula is C12H19NO4S2. The summed E-state index contributed by atoms with van der Waals surface area (Å²) < 4.78 is 31.2. The predicted molar refractivity (Wildman–Crippen MR) is 77.0 cm³/mol. The van der Waals surface area contributed by atoms with Crippen molar-refractivity contribution in [2.45, 2.75) is 18.2 Å². The molecule has 19 heavy (non-hydrogen) atoms. The van der Waals surface area contributed by atoms with Crippen LogP contribution in [0.2, 0.25) is 0 Å². The van der Waals surface area contributed by atoms with Gasteiger partial charge < -0.3 is 10.3 Å². The third-order valence-electron chi connectivity index (χ3n) is 2.07. The van der Waals surface area contributed by atoms with Crippen molar-refractivity contribution in [3.8, 4) is 0 Å². The van der Waals surface area contributed by atoms with E-state index < -0.39 is 10.1 Å². The van der Waals surface area contributed by atoms with Crippen LogP contribution < -0.4 is 5.73 Å². The molecule has 1 aromatic carbocycles. The molecule has 0 fully saturated rings. The molecule has 0 atom stereocenters. The maximum Gasteiger partial charge on any atom is 0.222 e. The van der Waals surface area contributed by atoms with Gasteiger partial charge in [-0.25, -0.2) is 8.42 Å². The number of rotatable bonds is 4. The van der Waals surface area contributed by atoms with Crippen LogP contribution >= 0.6 is 0 Å². The molecule has 108 valence electrons. The van der Waals surface area contributed by atoms with Gasteiger partial charge in [0.05, 0.1) is 23.8 Å². The van der Waals surface area contributed by atoms with Crippen molar-refractivity contribution in [1.29, 1.82) is 0 Å². The van der Waals surface area contributed by atoms with Crippen molar-refractivity contribution in [3.05, 3.63) is 29.8 Å². The monoisotopic (exact) mass is 305 g/mol. The predicted octanol–water partition coefficient (Wildman–Crippen LogP) is 0.639. The topological polar surface area (TPSA) is 100 Å². The molecular weight excluding hydrogens is 286 g/mol. The first kappa shape index (κ1) is 17.9. The standard InChI is InChI=1S/C7H8O3S.C5H11NOS/c1-6-2-4-7(5-3-6)11(8,9)10;1-8(2)4-3-5(6)7/h2-5H,1H3,(H,8,9,10);3-4H2,1-2H3,(H-,6,7). The van der Waals surface area contributed by atoms with Gasteiger partial charge in [-0.05, 0) is 30.0 Å². The number of hydrogen-bond acceptors (Lipinski definition) is 4. The van der Waals surface area contributed by atoms with Gasteiger partial charge in [0.25, 0.3) is 0 Å². The molecule has 0 unspecified atom stereocenters. The van der Waals surface area contributed by atoms with Crippen molar-refractivity contribution in [1.82, 2.24) is 0 Å². The van der Waals surface area contributed by atoms with E-state index in [-0.39, 0.29) is 10.8 Å². The third kappa shape index (κ3) is 9.52. The number of hydrogen-bond donors (Lipinski definition) is 1. The molecule has 0 heterocycles. The Balaban J connectivity index is 0.000000362. The van der Waals surface area contributed by atoms with Gasteiger partial charge in [0.15, 0.2) is 0 Å². The van der Waals surface area contributed by atoms with E-state index in [4.69, 9.17) is 5.73 Å². The number of carbonyl (C=O) groups excluding carboxylic acids is 1. The lowest BCUT2D eigenvalue weighted by Crippen LogP contribution is -2.15. The lowest BCUT2D eigenvalue weighted by atomic mass is 10.2. The summed E-state index contributed by atoms with van der Waals surface area (Å²) in [7, 11) is -3.91. The van der Waals surface area contributed by atoms with Crippen LogP contribution in [0.3, 0.4) is 0 Å². The lowest BCUT2D eigenvalue weighted by Gasteiger charge is -2.05. The van der Waals surface area contributed by atoms with Gasteiger partial charge in [0, 0.05) is 0 Å². The molecule has 0 aliphatic heterocycles. The Bertz CT molecular complexity index is 495. The zero-order chi connectivity index (χ0) is 15.1. The smallest absolute Gasteiger partial charge is 0.222 e. The highest BCUT2D eigenvalue weighted by Crippen LogP contribution is 2.08. The number of aryl methyl sites for hydroxylation is 1. The fourth-order valence-electron chi connectivity index (χ4n) is 1.01. The van der Waals surface area contributed by atoms with Gasteiger partial charge in [0.2, 0.25) is 5.91 Å². The summed E-state index contributed by atoms with van der Waals surface area (Å²) in [5.74, 6) is 0.751. The van der Waals surface area contributed by atoms with Crippen molar-refractivity contribution in [3.63, 3.8) is 0 Å². The maximum absolute atomic E-state index is 10.4. The molecule has 0 aliphatic rings. The first-order valence-electron chi connectivity index (χ1n) is 5.48. The summed E-state index contributed by atoms with van der Waals surface area (Å²) in [6.07, 6.45) is 4.74. The fourth-order valence-corrected chi connectivity index (χ4v) is 2.09. The highest BCUT2D eigenvalue weighted by molar-refractivity contribution is 7.95. The molecule has 0 bridgehead atoms. The second-order valence-electron chi connectivity index (χ2n) is 4.17. The number of benzene rings is 1. The Hall–Kier alpha value is -1.05. The van der Waals surface area contributed by atoms with Crippen molar-refractivity contribution in [2.75, 3.05) is 18.3 Å². The zero-order valence-corrected chi connectivity index (χ0v) is 12.9. The second kappa shape index (κ2) is 8.19. The Morgan fingerprint density at radius 2 is 1.74 bits per heavy atom. The minimum Gasteiger partial charge on any atom is -0.744 e. The minimum absolute atomic E-state index is 0.178. The van der Waals surface area contributed by atoms with E-state index in [9.17, 15) is 17.8 Å². The van der Waals surface area contributed by atoms with Gasteiger partial charge in [-0.1, -0.05) is 17.7 Å². The zero-order valence-electron chi connectivity index (χ0n) is 11.3. The molecule has 1 rings (SSSR count). The first-order valence-corrected chi connectivity index (χ1v) is 9.10. The van der Waals surface area contributed by atoms with Crippen LogP contribution in [-0.4, -0.2) is 37.1 Å². The van der Waals surface area contributed by atoms with Crippen LogP contribution in [0.25, 0.3) is 0 Å². The number of carbonyl (C=O) groups is 1. The summed E-state index contributed by atoms with van der Waals surface area (Å²) in [6.45, 7) is 1.82. The average molecular weight is 305 g/mol. The molecule has 0 spiro atoms. The molecule has 1 aromatic rings. The Morgan fingerprint density at radius 3 is 2.00 bits per heavy atom. The molecule has 5 nitrogen and oxygen atoms in total. The van der Waals surface area contributed by atoms with Gasteiger partial charge in [-0.2, -0.15) is 0 Å². The molecule has 2 N–H and O–H groups in total. The van der Waals surface area contributed by atoms with Crippen LogP contribution in [-0.2, 0) is 25.8 Å². The quantitative estimate of drug-likeness (QED) is 0.651. The molecule has 0 radical (unpaired) electrons. The van der Waals surface area contributed by atoms with E-state index in [0.29, 0.717) is 17.3 Å². The molecule has 0 saturated carbocycles. The van der Waals surface area contributed by atoms with Crippen LogP contribution in [0.15, 0.2) is 29.2 Å². The van der Waals surface area contributed by atoms with Crippen molar-refractivity contribution < 1.29 is 17.8 Å². The van der Waals surface area contributed by atoms with E-state index in [1.54, 1.807) is 12.1 Å². The highest BCUT2D eigenvalue weighted by atomic mass is 32.2. The summed E-state index contributed by atoms with van der Waals surface area (Å²) >= 11 is 0. The van der Waals surface area contributed by atoms with Crippen LogP contribution in [0.1, 0.15) is 12.0 Å². The normalized spacial score (nSPS) is 10.8. The molecule has 0 aliphatic carbocycles. The van der Waals surface area contributed by atoms with Gasteiger partial charge in [0.1, 0.15) is 15.9 Å². The fraction of sp³-hybridized carbons (Fsp3) is 0.417. The lowest BCUT2D eigenvalue weighted by molar-refractivity contribution is -0.117. The van der Waals surface area contributed by atoms with Gasteiger partial charge in [-0.15, -0.1) is 0 Å². The van der Waals surface area contributed by atoms with E-state index in [1.807, 2.05) is 6.92 Å². The number of primary amides is 1. The first-order chi connectivity index (χ1) is 8.62. The second-order valence-corrected chi connectivity index (χ2v) is 7.93. The van der Waals surface area contributed by atoms with Gasteiger partial charge >= 0.3 is 0 Å². The van der Waals surface area contributed by atoms with E-state index in [1.165, 1.54) is 12.1 Å². The van der Waals surface area contributed by atoms with Crippen molar-refractivity contribution >= 4 is 26.9 Å². The Labute approximate surface area is 117 Å². The maximum atomic E-state index is 10.4. The number of amides is 1. The van der Waals surface area contributed by atoms with Crippen LogP contribution in [0.5, 0.6) is 0 Å². The molecule has 0 aromatic heterocycles. The van der Waals surface area contributed by atoms with E-state index in [2.05, 4.69) is 12.5 Å². The molecule has 7 heteroatoms. The molecule has 0 saturated heterocycles. The molecule has 1 amide bonds. The number of nitrogens with two attached hydrogens (primary N) is 1. The van der Waals surface area contributed by atoms with Gasteiger partial charge in [-0.3, -0.25) is 4.79 Å². The Morgan fingerprint density at radius 1 is 1.26 bits per heavy atom. The van der Waals surface area contributed by atoms with Crippen LogP contribution in [0, 0.1) is 6.92 Å². The average Bonchev–Trinajstić information content (AvgIpc) is 2.26. The summed E-state index contributed by atoms with van der Waals surface area (Å²) in [5, 5.41) is 0. The summed E-state index contributed by atoms with van der Waals surface area (Å²) in [5.41, 5.74) is 5.83. The minimum atomic E-state index is -4.27. The Kier molecular flexibility index (Phi) is 7.73. The van der Waals surface area contributed by atoms with E-state index >= 15 is 0 Å². The highest BCUT2D eigenvalue weighted by Gasteiger charge is 2.03. The SMILES string of the molecule is C[S+](C)CCC(N)=O.Cc1ccc(S(=O)(=O)[O-])cc1. The summed E-state index contributed by atoms with van der Waals surface area (Å²) in [6, 6.07) is 5.78.